The number of carbonyl (C=O) groups is 1. The van der Waals surface area contributed by atoms with E-state index in [9.17, 15) is 4.79 Å². The Morgan fingerprint density at radius 2 is 2.11 bits per heavy atom. The molecule has 0 radical (unpaired) electrons. The summed E-state index contributed by atoms with van der Waals surface area (Å²) >= 11 is 1.59. The summed E-state index contributed by atoms with van der Waals surface area (Å²) in [6.45, 7) is 0.0869. The Morgan fingerprint density at radius 3 is 3.04 bits per heavy atom. The van der Waals surface area contributed by atoms with Crippen molar-refractivity contribution in [2.24, 2.45) is 7.05 Å². The Labute approximate surface area is 163 Å². The zero-order valence-electron chi connectivity index (χ0n) is 14.9. The van der Waals surface area contributed by atoms with Gasteiger partial charge in [-0.2, -0.15) is 10.2 Å². The van der Waals surface area contributed by atoms with E-state index in [1.807, 2.05) is 49.0 Å². The fourth-order valence-electron chi connectivity index (χ4n) is 3.19. The van der Waals surface area contributed by atoms with Crippen molar-refractivity contribution in [2.45, 2.75) is 6.54 Å². The van der Waals surface area contributed by atoms with Gasteiger partial charge in [-0.25, -0.2) is 9.97 Å². The Balaban J connectivity index is 1.37. The highest BCUT2D eigenvalue weighted by Gasteiger charge is 2.14. The van der Waals surface area contributed by atoms with E-state index in [0.29, 0.717) is 5.82 Å². The van der Waals surface area contributed by atoms with Crippen molar-refractivity contribution < 1.29 is 4.79 Å². The van der Waals surface area contributed by atoms with E-state index in [1.165, 1.54) is 0 Å². The Morgan fingerprint density at radius 1 is 1.21 bits per heavy atom. The summed E-state index contributed by atoms with van der Waals surface area (Å²) in [5, 5.41) is 14.5. The molecule has 1 N–H and O–H groups in total. The standard InChI is InChI=1S/C19H15N7OS/c1-25-15-5-3-2-4-13(15)19(24-25)23-16(27)10-26-9-12(8-22-26)17-18-14(6-7-28-18)20-11-21-17/h2-9,11H,10H2,1H3,(H,23,24,27). The third-order valence-electron chi connectivity index (χ3n) is 4.47. The predicted octanol–water partition coefficient (Wildman–Crippen LogP) is 3.08. The summed E-state index contributed by atoms with van der Waals surface area (Å²) in [6.07, 6.45) is 5.07. The van der Waals surface area contributed by atoms with Crippen molar-refractivity contribution >= 4 is 44.2 Å². The lowest BCUT2D eigenvalue weighted by molar-refractivity contribution is -0.116. The van der Waals surface area contributed by atoms with Gasteiger partial charge in [0.15, 0.2) is 5.82 Å². The maximum Gasteiger partial charge on any atom is 0.247 e. The van der Waals surface area contributed by atoms with Crippen molar-refractivity contribution in [3.05, 3.63) is 54.4 Å². The lowest BCUT2D eigenvalue weighted by Gasteiger charge is -2.03. The number of fused-ring (bicyclic) bond motifs is 2. The number of nitrogens with zero attached hydrogens (tertiary/aromatic N) is 6. The van der Waals surface area contributed by atoms with E-state index in [4.69, 9.17) is 0 Å². The monoisotopic (exact) mass is 389 g/mol. The van der Waals surface area contributed by atoms with E-state index in [2.05, 4.69) is 25.5 Å². The van der Waals surface area contributed by atoms with Crippen LogP contribution in [-0.2, 0) is 18.4 Å². The molecule has 9 heteroatoms. The zero-order chi connectivity index (χ0) is 19.1. The lowest BCUT2D eigenvalue weighted by Crippen LogP contribution is -2.19. The fraction of sp³-hybridized carbons (Fsp3) is 0.105. The van der Waals surface area contributed by atoms with Gasteiger partial charge in [0.25, 0.3) is 0 Å². The Bertz CT molecular complexity index is 1320. The highest BCUT2D eigenvalue weighted by molar-refractivity contribution is 7.17. The average molecular weight is 389 g/mol. The lowest BCUT2D eigenvalue weighted by atomic mass is 10.2. The van der Waals surface area contributed by atoms with Crippen LogP contribution in [0.2, 0.25) is 0 Å². The minimum Gasteiger partial charge on any atom is -0.307 e. The first-order valence-electron chi connectivity index (χ1n) is 8.61. The first-order chi connectivity index (χ1) is 13.7. The van der Waals surface area contributed by atoms with Crippen LogP contribution in [0.15, 0.2) is 54.4 Å². The number of rotatable bonds is 4. The van der Waals surface area contributed by atoms with Crippen molar-refractivity contribution in [1.82, 2.24) is 29.5 Å². The van der Waals surface area contributed by atoms with Crippen LogP contribution < -0.4 is 5.32 Å². The molecule has 0 aliphatic rings. The SMILES string of the molecule is Cn1nc(NC(=O)Cn2cc(-c3ncnc4ccsc34)cn2)c2ccccc21. The van der Waals surface area contributed by atoms with Crippen LogP contribution in [-0.4, -0.2) is 35.4 Å². The minimum atomic E-state index is -0.192. The number of thiophene rings is 1. The molecule has 5 aromatic rings. The number of hydrogen-bond donors (Lipinski definition) is 1. The molecule has 0 aliphatic carbocycles. The van der Waals surface area contributed by atoms with Crippen molar-refractivity contribution in [3.63, 3.8) is 0 Å². The molecule has 4 aromatic heterocycles. The van der Waals surface area contributed by atoms with Crippen molar-refractivity contribution in [1.29, 1.82) is 0 Å². The maximum absolute atomic E-state index is 12.5. The molecule has 138 valence electrons. The smallest absolute Gasteiger partial charge is 0.247 e. The number of aryl methyl sites for hydroxylation is 1. The third kappa shape index (κ3) is 2.81. The van der Waals surface area contributed by atoms with Gasteiger partial charge in [-0.05, 0) is 23.6 Å². The number of nitrogens with one attached hydrogen (secondary N) is 1. The first kappa shape index (κ1) is 16.6. The molecule has 8 nitrogen and oxygen atoms in total. The number of amides is 1. The van der Waals surface area contributed by atoms with Gasteiger partial charge in [0.2, 0.25) is 5.91 Å². The van der Waals surface area contributed by atoms with Crippen molar-refractivity contribution in [3.8, 4) is 11.3 Å². The number of anilines is 1. The molecule has 0 unspecified atom stereocenters. The van der Waals surface area contributed by atoms with Gasteiger partial charge in [0, 0.05) is 24.2 Å². The second kappa shape index (κ2) is 6.54. The van der Waals surface area contributed by atoms with Gasteiger partial charge in [0.1, 0.15) is 12.9 Å². The molecule has 0 spiro atoms. The summed E-state index contributed by atoms with van der Waals surface area (Å²) in [5.74, 6) is 0.356. The topological polar surface area (TPSA) is 90.5 Å². The van der Waals surface area contributed by atoms with Gasteiger partial charge in [-0.1, -0.05) is 12.1 Å². The maximum atomic E-state index is 12.5. The molecule has 5 rings (SSSR count). The van der Waals surface area contributed by atoms with E-state index < -0.39 is 0 Å². The summed E-state index contributed by atoms with van der Waals surface area (Å²) in [6, 6.07) is 9.72. The van der Waals surface area contributed by atoms with E-state index in [-0.39, 0.29) is 12.5 Å². The Kier molecular flexibility index (Phi) is 3.87. The third-order valence-corrected chi connectivity index (χ3v) is 5.38. The number of para-hydroxylation sites is 1. The second-order valence-electron chi connectivity index (χ2n) is 6.32. The highest BCUT2D eigenvalue weighted by Crippen LogP contribution is 2.29. The normalized spacial score (nSPS) is 11.3. The van der Waals surface area contributed by atoms with Gasteiger partial charge in [-0.15, -0.1) is 11.3 Å². The van der Waals surface area contributed by atoms with Crippen molar-refractivity contribution in [2.75, 3.05) is 5.32 Å². The summed E-state index contributed by atoms with van der Waals surface area (Å²) in [4.78, 5) is 21.1. The fourth-order valence-corrected chi connectivity index (χ4v) is 4.05. The number of carbonyl (C=O) groups excluding carboxylic acids is 1. The molecular formula is C19H15N7OS. The van der Waals surface area contributed by atoms with E-state index in [0.717, 1.165) is 32.4 Å². The highest BCUT2D eigenvalue weighted by atomic mass is 32.1. The molecule has 0 atom stereocenters. The molecule has 1 amide bonds. The number of aromatic nitrogens is 6. The Hall–Kier alpha value is -3.59. The molecule has 0 aliphatic heterocycles. The first-order valence-corrected chi connectivity index (χ1v) is 9.49. The molecule has 1 aromatic carbocycles. The van der Waals surface area contributed by atoms with Crippen LogP contribution in [0.1, 0.15) is 0 Å². The second-order valence-corrected chi connectivity index (χ2v) is 7.24. The van der Waals surface area contributed by atoms with Gasteiger partial charge >= 0.3 is 0 Å². The predicted molar refractivity (Wildman–Crippen MR) is 108 cm³/mol. The van der Waals surface area contributed by atoms with E-state index >= 15 is 0 Å². The van der Waals surface area contributed by atoms with Crippen LogP contribution in [0.3, 0.4) is 0 Å². The summed E-state index contributed by atoms with van der Waals surface area (Å²) in [5.41, 5.74) is 3.54. The van der Waals surface area contributed by atoms with Crippen LogP contribution >= 0.6 is 11.3 Å². The molecule has 0 saturated heterocycles. The van der Waals surface area contributed by atoms with Gasteiger partial charge in [-0.3, -0.25) is 14.2 Å². The van der Waals surface area contributed by atoms with Gasteiger partial charge < -0.3 is 5.32 Å². The quantitative estimate of drug-likeness (QED) is 0.510. The van der Waals surface area contributed by atoms with Crippen LogP contribution in [0.5, 0.6) is 0 Å². The van der Waals surface area contributed by atoms with Crippen LogP contribution in [0, 0.1) is 0 Å². The van der Waals surface area contributed by atoms with Crippen LogP contribution in [0.25, 0.3) is 32.4 Å². The molecular weight excluding hydrogens is 374 g/mol. The molecule has 4 heterocycles. The zero-order valence-corrected chi connectivity index (χ0v) is 15.7. The summed E-state index contributed by atoms with van der Waals surface area (Å²) < 4.78 is 4.35. The molecule has 28 heavy (non-hydrogen) atoms. The largest absolute Gasteiger partial charge is 0.307 e. The molecule has 0 fully saturated rings. The minimum absolute atomic E-state index is 0.0869. The van der Waals surface area contributed by atoms with E-state index in [1.54, 1.807) is 33.2 Å². The molecule has 0 bridgehead atoms. The molecule has 0 saturated carbocycles. The van der Waals surface area contributed by atoms with Crippen LogP contribution in [0.4, 0.5) is 5.82 Å². The summed E-state index contributed by atoms with van der Waals surface area (Å²) in [7, 11) is 1.85. The number of benzene rings is 1. The number of hydrogen-bond acceptors (Lipinski definition) is 6. The average Bonchev–Trinajstić information content (AvgIpc) is 3.42. The van der Waals surface area contributed by atoms with Gasteiger partial charge in [0.05, 0.1) is 27.6 Å².